The highest BCUT2D eigenvalue weighted by atomic mass is 16.5. The lowest BCUT2D eigenvalue weighted by Gasteiger charge is -2.07. The van der Waals surface area contributed by atoms with Gasteiger partial charge in [0.25, 0.3) is 5.91 Å². The average Bonchev–Trinajstić information content (AvgIpc) is 2.49. The van der Waals surface area contributed by atoms with Gasteiger partial charge in [-0.2, -0.15) is 0 Å². The number of benzene rings is 1. The topological polar surface area (TPSA) is 64.3 Å². The van der Waals surface area contributed by atoms with Gasteiger partial charge in [-0.1, -0.05) is 31.3 Å². The molecule has 0 aliphatic rings. The van der Waals surface area contributed by atoms with E-state index >= 15 is 0 Å². The number of carbonyl (C=O) groups is 1. The Morgan fingerprint density at radius 2 is 2.19 bits per heavy atom. The zero-order valence-electron chi connectivity index (χ0n) is 12.9. The minimum absolute atomic E-state index is 0.107. The zero-order chi connectivity index (χ0) is 15.5. The molecule has 0 fully saturated rings. The molecule has 1 aromatic carbocycles. The van der Waals surface area contributed by atoms with E-state index in [1.165, 1.54) is 0 Å². The molecule has 0 atom stereocenters. The maximum Gasteiger partial charge on any atom is 0.251 e. The van der Waals surface area contributed by atoms with Gasteiger partial charge in [0.1, 0.15) is 0 Å². The molecule has 21 heavy (non-hydrogen) atoms. The molecule has 0 aliphatic carbocycles. The van der Waals surface area contributed by atoms with Crippen LogP contribution in [0, 0.1) is 18.8 Å². The standard InChI is InChI=1S/C17H24N2O2/c1-3-4-11-21-12-10-19-17(20)16-8-7-14(2)15(13-16)6-5-9-18/h7-8,13H,3-4,9-12,18H2,1-2H3,(H,19,20). The first-order chi connectivity index (χ1) is 10.2. The summed E-state index contributed by atoms with van der Waals surface area (Å²) in [6, 6.07) is 5.49. The van der Waals surface area contributed by atoms with E-state index in [0.717, 1.165) is 30.6 Å². The predicted octanol–water partition coefficient (Wildman–Crippen LogP) is 1.85. The second kappa shape index (κ2) is 9.98. The first-order valence-electron chi connectivity index (χ1n) is 7.34. The lowest BCUT2D eigenvalue weighted by molar-refractivity contribution is 0.0912. The van der Waals surface area contributed by atoms with Gasteiger partial charge in [-0.3, -0.25) is 4.79 Å². The van der Waals surface area contributed by atoms with E-state index < -0.39 is 0 Å². The van der Waals surface area contributed by atoms with Crippen LogP contribution in [0.4, 0.5) is 0 Å². The Hall–Kier alpha value is -1.83. The van der Waals surface area contributed by atoms with E-state index in [2.05, 4.69) is 24.1 Å². The fourth-order valence-corrected chi connectivity index (χ4v) is 1.73. The van der Waals surface area contributed by atoms with Crippen molar-refractivity contribution in [3.63, 3.8) is 0 Å². The van der Waals surface area contributed by atoms with E-state index in [1.54, 1.807) is 12.1 Å². The van der Waals surface area contributed by atoms with Crippen LogP contribution in [0.1, 0.15) is 41.3 Å². The Morgan fingerprint density at radius 3 is 2.90 bits per heavy atom. The molecule has 0 spiro atoms. The molecule has 0 saturated heterocycles. The average molecular weight is 288 g/mol. The lowest BCUT2D eigenvalue weighted by Crippen LogP contribution is -2.27. The van der Waals surface area contributed by atoms with E-state index in [1.807, 2.05) is 13.0 Å². The number of nitrogens with one attached hydrogen (secondary N) is 1. The zero-order valence-corrected chi connectivity index (χ0v) is 12.9. The largest absolute Gasteiger partial charge is 0.380 e. The van der Waals surface area contributed by atoms with Gasteiger partial charge in [-0.25, -0.2) is 0 Å². The second-order valence-electron chi connectivity index (χ2n) is 4.76. The van der Waals surface area contributed by atoms with E-state index in [-0.39, 0.29) is 5.91 Å². The summed E-state index contributed by atoms with van der Waals surface area (Å²) in [6.07, 6.45) is 2.16. The number of hydrogen-bond acceptors (Lipinski definition) is 3. The molecule has 0 bridgehead atoms. The number of carbonyl (C=O) groups excluding carboxylic acids is 1. The van der Waals surface area contributed by atoms with Crippen LogP contribution in [0.15, 0.2) is 18.2 Å². The maximum absolute atomic E-state index is 12.0. The number of hydrogen-bond donors (Lipinski definition) is 2. The van der Waals surface area contributed by atoms with Crippen molar-refractivity contribution in [2.24, 2.45) is 5.73 Å². The third-order valence-corrected chi connectivity index (χ3v) is 3.00. The Kier molecular flexibility index (Phi) is 8.18. The van der Waals surface area contributed by atoms with Crippen molar-refractivity contribution in [3.05, 3.63) is 34.9 Å². The monoisotopic (exact) mass is 288 g/mol. The predicted molar refractivity (Wildman–Crippen MR) is 85.2 cm³/mol. The minimum Gasteiger partial charge on any atom is -0.380 e. The molecule has 114 valence electrons. The summed E-state index contributed by atoms with van der Waals surface area (Å²) in [7, 11) is 0. The van der Waals surface area contributed by atoms with Gasteiger partial charge in [0.15, 0.2) is 0 Å². The summed E-state index contributed by atoms with van der Waals surface area (Å²) in [5.41, 5.74) is 7.86. The van der Waals surface area contributed by atoms with Crippen LogP contribution in [0.5, 0.6) is 0 Å². The van der Waals surface area contributed by atoms with Crippen molar-refractivity contribution < 1.29 is 9.53 Å². The lowest BCUT2D eigenvalue weighted by atomic mass is 10.0. The number of ether oxygens (including phenoxy) is 1. The molecule has 0 unspecified atom stereocenters. The van der Waals surface area contributed by atoms with Crippen molar-refractivity contribution in [2.45, 2.75) is 26.7 Å². The van der Waals surface area contributed by atoms with Gasteiger partial charge in [0.2, 0.25) is 0 Å². The van der Waals surface area contributed by atoms with Crippen LogP contribution in [0.2, 0.25) is 0 Å². The molecular formula is C17H24N2O2. The normalized spacial score (nSPS) is 9.86. The third-order valence-electron chi connectivity index (χ3n) is 3.00. The quantitative estimate of drug-likeness (QED) is 0.594. The molecule has 1 rings (SSSR count). The highest BCUT2D eigenvalue weighted by molar-refractivity contribution is 5.94. The molecule has 4 heteroatoms. The molecule has 3 N–H and O–H groups in total. The highest BCUT2D eigenvalue weighted by Crippen LogP contribution is 2.10. The van der Waals surface area contributed by atoms with E-state index in [9.17, 15) is 4.79 Å². The number of unbranched alkanes of at least 4 members (excludes halogenated alkanes) is 1. The number of rotatable bonds is 7. The summed E-state index contributed by atoms with van der Waals surface area (Å²) in [5, 5.41) is 2.84. The van der Waals surface area contributed by atoms with E-state index in [4.69, 9.17) is 10.5 Å². The smallest absolute Gasteiger partial charge is 0.251 e. The summed E-state index contributed by atoms with van der Waals surface area (Å²) in [5.74, 6) is 5.68. The van der Waals surface area contributed by atoms with Crippen LogP contribution in [-0.4, -0.2) is 32.2 Å². The molecule has 0 radical (unpaired) electrons. The number of nitrogens with two attached hydrogens (primary N) is 1. The number of aryl methyl sites for hydroxylation is 1. The molecular weight excluding hydrogens is 264 g/mol. The van der Waals surface area contributed by atoms with Crippen molar-refractivity contribution >= 4 is 5.91 Å². The van der Waals surface area contributed by atoms with Gasteiger partial charge >= 0.3 is 0 Å². The fourth-order valence-electron chi connectivity index (χ4n) is 1.73. The van der Waals surface area contributed by atoms with Crippen LogP contribution >= 0.6 is 0 Å². The van der Waals surface area contributed by atoms with Crippen LogP contribution in [0.3, 0.4) is 0 Å². The third kappa shape index (κ3) is 6.44. The Morgan fingerprint density at radius 1 is 1.38 bits per heavy atom. The van der Waals surface area contributed by atoms with Gasteiger partial charge < -0.3 is 15.8 Å². The second-order valence-corrected chi connectivity index (χ2v) is 4.76. The summed E-state index contributed by atoms with van der Waals surface area (Å²) >= 11 is 0. The van der Waals surface area contributed by atoms with Crippen molar-refractivity contribution in [3.8, 4) is 11.8 Å². The Labute approximate surface area is 127 Å². The van der Waals surface area contributed by atoms with Gasteiger partial charge in [0.05, 0.1) is 13.2 Å². The Balaban J connectivity index is 2.50. The van der Waals surface area contributed by atoms with Gasteiger partial charge in [-0.15, -0.1) is 0 Å². The summed E-state index contributed by atoms with van der Waals surface area (Å²) < 4.78 is 5.41. The van der Waals surface area contributed by atoms with Crippen molar-refractivity contribution in [1.29, 1.82) is 0 Å². The highest BCUT2D eigenvalue weighted by Gasteiger charge is 2.06. The fraction of sp³-hybridized carbons (Fsp3) is 0.471. The first-order valence-corrected chi connectivity index (χ1v) is 7.34. The minimum atomic E-state index is -0.107. The SMILES string of the molecule is CCCCOCCNC(=O)c1ccc(C)c(C#CCN)c1. The van der Waals surface area contributed by atoms with Crippen molar-refractivity contribution in [2.75, 3.05) is 26.3 Å². The van der Waals surface area contributed by atoms with E-state index in [0.29, 0.717) is 25.3 Å². The molecule has 4 nitrogen and oxygen atoms in total. The van der Waals surface area contributed by atoms with Crippen LogP contribution < -0.4 is 11.1 Å². The summed E-state index contributed by atoms with van der Waals surface area (Å²) in [4.78, 5) is 12.0. The van der Waals surface area contributed by atoms with Crippen LogP contribution in [-0.2, 0) is 4.74 Å². The molecule has 0 aromatic heterocycles. The maximum atomic E-state index is 12.0. The van der Waals surface area contributed by atoms with Crippen molar-refractivity contribution in [1.82, 2.24) is 5.32 Å². The molecule has 0 aliphatic heterocycles. The number of amides is 1. The van der Waals surface area contributed by atoms with Gasteiger partial charge in [0, 0.05) is 24.3 Å². The molecule has 0 heterocycles. The van der Waals surface area contributed by atoms with Gasteiger partial charge in [-0.05, 0) is 31.0 Å². The van der Waals surface area contributed by atoms with Crippen LogP contribution in [0.25, 0.3) is 0 Å². The molecule has 1 amide bonds. The first kappa shape index (κ1) is 17.2. The molecule has 0 saturated carbocycles. The summed E-state index contributed by atoms with van der Waals surface area (Å²) in [6.45, 7) is 6.19. The molecule has 1 aromatic rings. The Bertz CT molecular complexity index is 515.